The smallest absolute Gasteiger partial charge is 0.175 e. The lowest BCUT2D eigenvalue weighted by Gasteiger charge is -2.02. The lowest BCUT2D eigenvalue weighted by atomic mass is 10.5. The average molecular weight is 239 g/mol. The Labute approximate surface area is 95.6 Å². The molecule has 0 atom stereocenters. The number of nitrogens with zero attached hydrogens (tertiary/aromatic N) is 4. The number of nitrogens with one attached hydrogen (secondary N) is 1. The summed E-state index contributed by atoms with van der Waals surface area (Å²) in [5.41, 5.74) is 0. The molecule has 0 radical (unpaired) electrons. The number of anilines is 1. The van der Waals surface area contributed by atoms with Crippen molar-refractivity contribution >= 4 is 29.1 Å². The summed E-state index contributed by atoms with van der Waals surface area (Å²) in [6.45, 7) is 2.87. The zero-order valence-electron chi connectivity index (χ0n) is 8.04. The Balaban J connectivity index is 2.11. The minimum Gasteiger partial charge on any atom is -0.370 e. The third kappa shape index (κ3) is 2.87. The van der Waals surface area contributed by atoms with Gasteiger partial charge in [-0.3, -0.25) is 0 Å². The van der Waals surface area contributed by atoms with E-state index in [1.54, 1.807) is 12.7 Å². The van der Waals surface area contributed by atoms with Crippen molar-refractivity contribution in [3.8, 4) is 0 Å². The second-order valence-corrected chi connectivity index (χ2v) is 4.63. The largest absolute Gasteiger partial charge is 0.370 e. The van der Waals surface area contributed by atoms with Crippen molar-refractivity contribution < 1.29 is 0 Å². The minimum atomic E-state index is 0.833. The third-order valence-electron chi connectivity index (χ3n) is 1.53. The van der Waals surface area contributed by atoms with Gasteiger partial charge < -0.3 is 5.32 Å². The van der Waals surface area contributed by atoms with Crippen LogP contribution in [0.5, 0.6) is 0 Å². The molecule has 0 aliphatic rings. The maximum Gasteiger partial charge on any atom is 0.175 e. The van der Waals surface area contributed by atoms with Gasteiger partial charge >= 0.3 is 0 Å². The van der Waals surface area contributed by atoms with Crippen LogP contribution in [0.3, 0.4) is 0 Å². The Bertz CT molecular complexity index is 417. The van der Waals surface area contributed by atoms with Gasteiger partial charge in [-0.1, -0.05) is 0 Å². The van der Waals surface area contributed by atoms with Crippen molar-refractivity contribution in [2.75, 3.05) is 11.9 Å². The highest BCUT2D eigenvalue weighted by atomic mass is 32.2. The standard InChI is InChI=1S/C8H9N5S2/c1-2-9-6-3-7(11-4-10-6)14-8-12-5-13-15-8/h3-5H,2H2,1H3,(H,9,10,11). The molecule has 0 saturated heterocycles. The highest BCUT2D eigenvalue weighted by Gasteiger charge is 2.03. The van der Waals surface area contributed by atoms with Crippen LogP contribution in [0, 0.1) is 0 Å². The third-order valence-corrected chi connectivity index (χ3v) is 3.18. The van der Waals surface area contributed by atoms with Gasteiger partial charge in [0.25, 0.3) is 0 Å². The average Bonchev–Trinajstić information content (AvgIpc) is 2.71. The molecule has 0 aliphatic carbocycles. The normalized spacial score (nSPS) is 10.2. The van der Waals surface area contributed by atoms with Gasteiger partial charge in [0, 0.05) is 12.6 Å². The number of hydrogen-bond acceptors (Lipinski definition) is 7. The fourth-order valence-electron chi connectivity index (χ4n) is 0.970. The van der Waals surface area contributed by atoms with E-state index in [2.05, 4.69) is 24.6 Å². The maximum absolute atomic E-state index is 4.15. The van der Waals surface area contributed by atoms with E-state index in [4.69, 9.17) is 0 Å². The van der Waals surface area contributed by atoms with E-state index in [9.17, 15) is 0 Å². The van der Waals surface area contributed by atoms with E-state index in [-0.39, 0.29) is 0 Å². The van der Waals surface area contributed by atoms with Crippen LogP contribution >= 0.6 is 23.3 Å². The molecule has 2 aromatic rings. The van der Waals surface area contributed by atoms with Gasteiger partial charge in [0.2, 0.25) is 0 Å². The van der Waals surface area contributed by atoms with E-state index in [1.807, 2.05) is 13.0 Å². The zero-order chi connectivity index (χ0) is 10.5. The number of aromatic nitrogens is 4. The zero-order valence-corrected chi connectivity index (χ0v) is 9.68. The highest BCUT2D eigenvalue weighted by Crippen LogP contribution is 2.26. The summed E-state index contributed by atoms with van der Waals surface area (Å²) in [5.74, 6) is 0.833. The van der Waals surface area contributed by atoms with Crippen molar-refractivity contribution in [1.29, 1.82) is 0 Å². The van der Waals surface area contributed by atoms with Crippen LogP contribution in [0.2, 0.25) is 0 Å². The lowest BCUT2D eigenvalue weighted by Crippen LogP contribution is -1.99. The van der Waals surface area contributed by atoms with Gasteiger partial charge in [0.1, 0.15) is 23.5 Å². The van der Waals surface area contributed by atoms with Gasteiger partial charge in [0.15, 0.2) is 4.34 Å². The number of hydrogen-bond donors (Lipinski definition) is 1. The fraction of sp³-hybridized carbons (Fsp3) is 0.250. The summed E-state index contributed by atoms with van der Waals surface area (Å²) < 4.78 is 4.81. The molecule has 0 aromatic carbocycles. The van der Waals surface area contributed by atoms with Gasteiger partial charge in [-0.25, -0.2) is 15.0 Å². The predicted molar refractivity (Wildman–Crippen MR) is 60.2 cm³/mol. The molecular weight excluding hydrogens is 230 g/mol. The van der Waals surface area contributed by atoms with Crippen molar-refractivity contribution in [2.24, 2.45) is 0 Å². The summed E-state index contributed by atoms with van der Waals surface area (Å²) in [4.78, 5) is 12.3. The van der Waals surface area contributed by atoms with Crippen LogP contribution in [0.25, 0.3) is 0 Å². The molecule has 1 N–H and O–H groups in total. The molecule has 0 unspecified atom stereocenters. The Kier molecular flexibility index (Phi) is 3.46. The van der Waals surface area contributed by atoms with E-state index >= 15 is 0 Å². The first-order valence-corrected chi connectivity index (χ1v) is 5.98. The maximum atomic E-state index is 4.15. The molecular formula is C8H9N5S2. The molecule has 7 heteroatoms. The van der Waals surface area contributed by atoms with E-state index in [1.165, 1.54) is 23.3 Å². The highest BCUT2D eigenvalue weighted by molar-refractivity contribution is 8.00. The monoisotopic (exact) mass is 239 g/mol. The topological polar surface area (TPSA) is 63.6 Å². The van der Waals surface area contributed by atoms with E-state index in [0.717, 1.165) is 21.7 Å². The van der Waals surface area contributed by atoms with Crippen LogP contribution in [0.1, 0.15) is 6.92 Å². The van der Waals surface area contributed by atoms with Crippen molar-refractivity contribution in [2.45, 2.75) is 16.3 Å². The first-order chi connectivity index (χ1) is 7.38. The SMILES string of the molecule is CCNc1cc(Sc2ncns2)ncn1. The lowest BCUT2D eigenvalue weighted by molar-refractivity contribution is 1.03. The molecule has 2 heterocycles. The summed E-state index contributed by atoms with van der Waals surface area (Å²) >= 11 is 2.85. The Hall–Kier alpha value is -1.21. The quantitative estimate of drug-likeness (QED) is 0.822. The van der Waals surface area contributed by atoms with Crippen LogP contribution < -0.4 is 5.32 Å². The second kappa shape index (κ2) is 5.04. The second-order valence-electron chi connectivity index (χ2n) is 2.58. The van der Waals surface area contributed by atoms with Gasteiger partial charge in [-0.15, -0.1) is 0 Å². The summed E-state index contributed by atoms with van der Waals surface area (Å²) in [5, 5.41) is 4.00. The summed E-state index contributed by atoms with van der Waals surface area (Å²) in [6, 6.07) is 1.90. The molecule has 2 aromatic heterocycles. The summed E-state index contributed by atoms with van der Waals surface area (Å²) in [7, 11) is 0. The molecule has 78 valence electrons. The molecule has 2 rings (SSSR count). The van der Waals surface area contributed by atoms with Gasteiger partial charge in [-0.05, 0) is 30.2 Å². The Morgan fingerprint density at radius 3 is 3.00 bits per heavy atom. The van der Waals surface area contributed by atoms with Crippen LogP contribution in [-0.2, 0) is 0 Å². The van der Waals surface area contributed by atoms with Crippen LogP contribution in [0.4, 0.5) is 5.82 Å². The molecule has 15 heavy (non-hydrogen) atoms. The van der Waals surface area contributed by atoms with Crippen LogP contribution in [0.15, 0.2) is 28.1 Å². The Morgan fingerprint density at radius 2 is 2.27 bits per heavy atom. The fourth-order valence-corrected chi connectivity index (χ4v) is 2.33. The Morgan fingerprint density at radius 1 is 1.33 bits per heavy atom. The van der Waals surface area contributed by atoms with Gasteiger partial charge in [-0.2, -0.15) is 4.37 Å². The molecule has 5 nitrogen and oxygen atoms in total. The first-order valence-electron chi connectivity index (χ1n) is 4.39. The van der Waals surface area contributed by atoms with Crippen molar-refractivity contribution in [1.82, 2.24) is 19.3 Å². The summed E-state index contributed by atoms with van der Waals surface area (Å²) in [6.07, 6.45) is 3.08. The molecule has 0 bridgehead atoms. The number of rotatable bonds is 4. The molecule has 0 fully saturated rings. The van der Waals surface area contributed by atoms with Gasteiger partial charge in [0.05, 0.1) is 0 Å². The molecule has 0 spiro atoms. The van der Waals surface area contributed by atoms with Crippen molar-refractivity contribution in [3.63, 3.8) is 0 Å². The molecule has 0 amide bonds. The minimum absolute atomic E-state index is 0.833. The van der Waals surface area contributed by atoms with E-state index < -0.39 is 0 Å². The van der Waals surface area contributed by atoms with Crippen LogP contribution in [-0.4, -0.2) is 25.9 Å². The molecule has 0 aliphatic heterocycles. The first kappa shape index (κ1) is 10.3. The molecule has 0 saturated carbocycles. The van der Waals surface area contributed by atoms with Crippen molar-refractivity contribution in [3.05, 3.63) is 18.7 Å². The van der Waals surface area contributed by atoms with E-state index in [0.29, 0.717) is 0 Å². The predicted octanol–water partition coefficient (Wildman–Crippen LogP) is 1.91.